The van der Waals surface area contributed by atoms with E-state index in [1.807, 2.05) is 48.7 Å². The molecule has 2 aromatic heterocycles. The van der Waals surface area contributed by atoms with E-state index in [-0.39, 0.29) is 5.91 Å². The van der Waals surface area contributed by atoms with Crippen LogP contribution in [0.15, 0.2) is 54.7 Å². The van der Waals surface area contributed by atoms with Crippen LogP contribution in [0.3, 0.4) is 0 Å². The Bertz CT molecular complexity index is 1130. The van der Waals surface area contributed by atoms with Crippen LogP contribution in [-0.2, 0) is 11.3 Å². The van der Waals surface area contributed by atoms with Crippen molar-refractivity contribution < 1.29 is 9.53 Å². The fourth-order valence-electron chi connectivity index (χ4n) is 3.21. The molecule has 2 heterocycles. The number of ether oxygens (including phenoxy) is 1. The van der Waals surface area contributed by atoms with Crippen LogP contribution in [0.5, 0.6) is 0 Å². The van der Waals surface area contributed by atoms with E-state index in [1.54, 1.807) is 24.8 Å². The summed E-state index contributed by atoms with van der Waals surface area (Å²) in [5, 5.41) is 15.6. The number of tetrazole rings is 1. The van der Waals surface area contributed by atoms with Crippen LogP contribution >= 0.6 is 0 Å². The number of benzene rings is 2. The molecule has 2 aromatic carbocycles. The first-order chi connectivity index (χ1) is 13.7. The van der Waals surface area contributed by atoms with E-state index in [0.717, 1.165) is 23.1 Å². The molecular formula is C20H20N6O2. The first-order valence-corrected chi connectivity index (χ1v) is 8.91. The van der Waals surface area contributed by atoms with Gasteiger partial charge in [-0.25, -0.2) is 0 Å². The molecule has 4 rings (SSSR count). The zero-order valence-corrected chi connectivity index (χ0v) is 15.7. The van der Waals surface area contributed by atoms with Gasteiger partial charge in [0.05, 0.1) is 29.1 Å². The van der Waals surface area contributed by atoms with Crippen LogP contribution in [0.25, 0.3) is 16.6 Å². The van der Waals surface area contributed by atoms with Gasteiger partial charge in [0.1, 0.15) is 0 Å². The van der Waals surface area contributed by atoms with Gasteiger partial charge in [0.2, 0.25) is 0 Å². The lowest BCUT2D eigenvalue weighted by Crippen LogP contribution is -2.16. The van der Waals surface area contributed by atoms with Crippen molar-refractivity contribution in [2.75, 3.05) is 19.0 Å². The summed E-state index contributed by atoms with van der Waals surface area (Å²) in [6, 6.07) is 15.1. The number of anilines is 1. The Kier molecular flexibility index (Phi) is 4.86. The molecule has 0 saturated carbocycles. The summed E-state index contributed by atoms with van der Waals surface area (Å²) < 4.78 is 8.82. The summed E-state index contributed by atoms with van der Waals surface area (Å²) in [6.45, 7) is 3.16. The Morgan fingerprint density at radius 3 is 2.79 bits per heavy atom. The van der Waals surface area contributed by atoms with Gasteiger partial charge in [-0.15, -0.1) is 5.10 Å². The highest BCUT2D eigenvalue weighted by Crippen LogP contribution is 2.26. The third-order valence-corrected chi connectivity index (χ3v) is 4.60. The number of aryl methyl sites for hydroxylation is 1. The van der Waals surface area contributed by atoms with E-state index in [4.69, 9.17) is 4.74 Å². The second-order valence-corrected chi connectivity index (χ2v) is 6.35. The number of hydrogen-bond acceptors (Lipinski definition) is 5. The quantitative estimate of drug-likeness (QED) is 0.559. The lowest BCUT2D eigenvalue weighted by molar-refractivity contribution is 0.102. The second kappa shape index (κ2) is 7.61. The first-order valence-electron chi connectivity index (χ1n) is 8.91. The average molecular weight is 376 g/mol. The number of rotatable bonds is 6. The maximum Gasteiger partial charge on any atom is 0.257 e. The van der Waals surface area contributed by atoms with Crippen molar-refractivity contribution in [3.8, 4) is 5.69 Å². The number of carbonyl (C=O) groups is 1. The summed E-state index contributed by atoms with van der Waals surface area (Å²) in [6.07, 6.45) is 2.00. The molecule has 1 N–H and O–H groups in total. The lowest BCUT2D eigenvalue weighted by Gasteiger charge is -2.11. The Hall–Kier alpha value is -3.52. The number of nitrogens with one attached hydrogen (secondary N) is 1. The first kappa shape index (κ1) is 17.9. The largest absolute Gasteiger partial charge is 0.383 e. The molecule has 0 spiro atoms. The summed E-state index contributed by atoms with van der Waals surface area (Å²) in [4.78, 5) is 13.0. The second-order valence-electron chi connectivity index (χ2n) is 6.35. The van der Waals surface area contributed by atoms with Crippen molar-refractivity contribution >= 4 is 22.5 Å². The molecule has 0 bridgehead atoms. The molecule has 0 aliphatic carbocycles. The van der Waals surface area contributed by atoms with E-state index in [1.165, 1.54) is 0 Å². The fourth-order valence-corrected chi connectivity index (χ4v) is 3.21. The van der Waals surface area contributed by atoms with E-state index in [9.17, 15) is 4.79 Å². The summed E-state index contributed by atoms with van der Waals surface area (Å²) in [5.74, 6) is 0.389. The molecule has 0 radical (unpaired) electrons. The van der Waals surface area contributed by atoms with Crippen molar-refractivity contribution in [3.63, 3.8) is 0 Å². The SMILES string of the molecule is COCCn1ccc2c(NC(=O)c3ccccc3-n3nnnc3C)cccc21. The van der Waals surface area contributed by atoms with Crippen LogP contribution < -0.4 is 5.32 Å². The van der Waals surface area contributed by atoms with Crippen LogP contribution in [0.2, 0.25) is 0 Å². The van der Waals surface area contributed by atoms with Gasteiger partial charge in [0.15, 0.2) is 5.82 Å². The smallest absolute Gasteiger partial charge is 0.257 e. The number of fused-ring (bicyclic) bond motifs is 1. The molecule has 0 fully saturated rings. The predicted octanol–water partition coefficient (Wildman–Crippen LogP) is 2.82. The van der Waals surface area contributed by atoms with Crippen molar-refractivity contribution in [2.45, 2.75) is 13.5 Å². The van der Waals surface area contributed by atoms with Crippen molar-refractivity contribution in [1.82, 2.24) is 24.8 Å². The normalized spacial score (nSPS) is 11.1. The standard InChI is InChI=1S/C20H20N6O2/c1-14-22-23-24-26(14)19-8-4-3-6-16(19)20(27)21-17-7-5-9-18-15(17)10-11-25(18)12-13-28-2/h3-11H,12-13H2,1-2H3,(H,21,27). The Morgan fingerprint density at radius 1 is 1.14 bits per heavy atom. The molecule has 142 valence electrons. The number of nitrogens with zero attached hydrogens (tertiary/aromatic N) is 5. The average Bonchev–Trinajstić information content (AvgIpc) is 3.33. The Balaban J connectivity index is 1.67. The number of carbonyl (C=O) groups excluding carboxylic acids is 1. The minimum Gasteiger partial charge on any atom is -0.383 e. The van der Waals surface area contributed by atoms with Crippen molar-refractivity contribution in [2.24, 2.45) is 0 Å². The van der Waals surface area contributed by atoms with Gasteiger partial charge in [0.25, 0.3) is 5.91 Å². The van der Waals surface area contributed by atoms with Crippen LogP contribution in [0.1, 0.15) is 16.2 Å². The number of para-hydroxylation sites is 1. The molecule has 0 unspecified atom stereocenters. The number of methoxy groups -OCH3 is 1. The molecule has 0 aliphatic heterocycles. The zero-order chi connectivity index (χ0) is 19.5. The summed E-state index contributed by atoms with van der Waals surface area (Å²) >= 11 is 0. The summed E-state index contributed by atoms with van der Waals surface area (Å²) in [7, 11) is 1.68. The minimum atomic E-state index is -0.220. The number of amides is 1. The highest BCUT2D eigenvalue weighted by Gasteiger charge is 2.16. The molecule has 0 saturated heterocycles. The highest BCUT2D eigenvalue weighted by atomic mass is 16.5. The zero-order valence-electron chi connectivity index (χ0n) is 15.7. The van der Waals surface area contributed by atoms with Crippen molar-refractivity contribution in [1.29, 1.82) is 0 Å². The van der Waals surface area contributed by atoms with Gasteiger partial charge in [-0.1, -0.05) is 18.2 Å². The van der Waals surface area contributed by atoms with Crippen molar-refractivity contribution in [3.05, 3.63) is 66.1 Å². The van der Waals surface area contributed by atoms with Gasteiger partial charge >= 0.3 is 0 Å². The van der Waals surface area contributed by atoms with Crippen LogP contribution in [0, 0.1) is 6.92 Å². The molecule has 1 amide bonds. The van der Waals surface area contributed by atoms with E-state index in [2.05, 4.69) is 25.4 Å². The highest BCUT2D eigenvalue weighted by molar-refractivity contribution is 6.10. The lowest BCUT2D eigenvalue weighted by atomic mass is 10.1. The maximum atomic E-state index is 13.0. The van der Waals surface area contributed by atoms with Gasteiger partial charge in [-0.05, 0) is 47.7 Å². The van der Waals surface area contributed by atoms with Gasteiger partial charge in [0, 0.05) is 25.2 Å². The molecule has 8 nitrogen and oxygen atoms in total. The topological polar surface area (TPSA) is 86.9 Å². The third-order valence-electron chi connectivity index (χ3n) is 4.60. The van der Waals surface area contributed by atoms with Gasteiger partial charge in [-0.2, -0.15) is 4.68 Å². The van der Waals surface area contributed by atoms with Gasteiger partial charge < -0.3 is 14.6 Å². The van der Waals surface area contributed by atoms with Gasteiger partial charge in [-0.3, -0.25) is 4.79 Å². The van der Waals surface area contributed by atoms with E-state index < -0.39 is 0 Å². The maximum absolute atomic E-state index is 13.0. The molecule has 8 heteroatoms. The van der Waals surface area contributed by atoms with E-state index in [0.29, 0.717) is 23.7 Å². The molecule has 28 heavy (non-hydrogen) atoms. The number of hydrogen-bond donors (Lipinski definition) is 1. The fraction of sp³-hybridized carbons (Fsp3) is 0.200. The third kappa shape index (κ3) is 3.25. The minimum absolute atomic E-state index is 0.220. The monoisotopic (exact) mass is 376 g/mol. The number of aromatic nitrogens is 5. The Morgan fingerprint density at radius 2 is 2.00 bits per heavy atom. The molecule has 0 atom stereocenters. The molecule has 4 aromatic rings. The predicted molar refractivity (Wildman–Crippen MR) is 106 cm³/mol. The van der Waals surface area contributed by atoms with Crippen LogP contribution in [0.4, 0.5) is 5.69 Å². The molecular weight excluding hydrogens is 356 g/mol. The van der Waals surface area contributed by atoms with Crippen LogP contribution in [-0.4, -0.2) is 44.4 Å². The Labute approximate surface area is 161 Å². The summed E-state index contributed by atoms with van der Waals surface area (Å²) in [5.41, 5.74) is 2.92. The molecule has 0 aliphatic rings. The van der Waals surface area contributed by atoms with E-state index >= 15 is 0 Å².